The number of rotatable bonds is 2. The third-order valence-electron chi connectivity index (χ3n) is 2.29. The van der Waals surface area contributed by atoms with Crippen LogP contribution in [0.5, 0.6) is 0 Å². The molecule has 1 unspecified atom stereocenters. The lowest BCUT2D eigenvalue weighted by Crippen LogP contribution is -2.30. The number of carbonyl (C=O) groups is 2. The molecular formula is C9H12N4O2. The standard InChI is InChI=1S/C9H12N4O2/c1-5-3-7(13(2)12-5)10-6-4-8(14)11-9(6)15/h3,6,10H,4H2,1-2H3,(H,11,14,15). The Morgan fingerprint density at radius 3 is 2.80 bits per heavy atom. The van der Waals surface area contributed by atoms with Gasteiger partial charge in [-0.2, -0.15) is 5.10 Å². The Labute approximate surface area is 86.6 Å². The molecule has 6 nitrogen and oxygen atoms in total. The van der Waals surface area contributed by atoms with Crippen molar-refractivity contribution in [2.24, 2.45) is 7.05 Å². The van der Waals surface area contributed by atoms with E-state index in [1.165, 1.54) is 0 Å². The Morgan fingerprint density at radius 1 is 1.60 bits per heavy atom. The van der Waals surface area contributed by atoms with Gasteiger partial charge >= 0.3 is 0 Å². The molecule has 1 fully saturated rings. The molecule has 80 valence electrons. The minimum atomic E-state index is -0.479. The Kier molecular flexibility index (Phi) is 2.18. The monoisotopic (exact) mass is 208 g/mol. The Morgan fingerprint density at radius 2 is 2.33 bits per heavy atom. The summed E-state index contributed by atoms with van der Waals surface area (Å²) >= 11 is 0. The summed E-state index contributed by atoms with van der Waals surface area (Å²) in [7, 11) is 1.78. The number of imide groups is 1. The molecule has 0 saturated carbocycles. The highest BCUT2D eigenvalue weighted by Crippen LogP contribution is 2.13. The van der Waals surface area contributed by atoms with E-state index in [9.17, 15) is 9.59 Å². The third-order valence-corrected chi connectivity index (χ3v) is 2.29. The van der Waals surface area contributed by atoms with E-state index in [2.05, 4.69) is 15.7 Å². The van der Waals surface area contributed by atoms with Gasteiger partial charge in [-0.05, 0) is 6.92 Å². The Hall–Kier alpha value is -1.85. The number of aromatic nitrogens is 2. The van der Waals surface area contributed by atoms with Gasteiger partial charge in [0.15, 0.2) is 0 Å². The summed E-state index contributed by atoms with van der Waals surface area (Å²) in [4.78, 5) is 22.2. The van der Waals surface area contributed by atoms with E-state index in [4.69, 9.17) is 0 Å². The van der Waals surface area contributed by atoms with Crippen LogP contribution in [0.3, 0.4) is 0 Å². The molecule has 1 aliphatic heterocycles. The highest BCUT2D eigenvalue weighted by Gasteiger charge is 2.30. The van der Waals surface area contributed by atoms with E-state index in [0.29, 0.717) is 0 Å². The molecule has 1 atom stereocenters. The number of nitrogens with one attached hydrogen (secondary N) is 2. The molecule has 0 aromatic carbocycles. The van der Waals surface area contributed by atoms with Gasteiger partial charge in [0.25, 0.3) is 0 Å². The van der Waals surface area contributed by atoms with Crippen LogP contribution in [0.25, 0.3) is 0 Å². The molecule has 2 amide bonds. The average molecular weight is 208 g/mol. The van der Waals surface area contributed by atoms with Gasteiger partial charge in [-0.3, -0.25) is 19.6 Å². The van der Waals surface area contributed by atoms with Crippen molar-refractivity contribution in [2.75, 3.05) is 5.32 Å². The molecule has 0 aliphatic carbocycles. The van der Waals surface area contributed by atoms with Gasteiger partial charge in [-0.1, -0.05) is 0 Å². The predicted molar refractivity (Wildman–Crippen MR) is 53.1 cm³/mol. The first-order valence-electron chi connectivity index (χ1n) is 4.67. The van der Waals surface area contributed by atoms with Crippen LogP contribution in [-0.2, 0) is 16.6 Å². The molecule has 1 saturated heterocycles. The van der Waals surface area contributed by atoms with Crippen molar-refractivity contribution >= 4 is 17.6 Å². The zero-order valence-electron chi connectivity index (χ0n) is 8.57. The van der Waals surface area contributed by atoms with Gasteiger partial charge in [0, 0.05) is 13.1 Å². The fraction of sp³-hybridized carbons (Fsp3) is 0.444. The topological polar surface area (TPSA) is 76.0 Å². The van der Waals surface area contributed by atoms with Crippen LogP contribution in [0.1, 0.15) is 12.1 Å². The summed E-state index contributed by atoms with van der Waals surface area (Å²) in [6.07, 6.45) is 0.184. The summed E-state index contributed by atoms with van der Waals surface area (Å²) in [5.74, 6) is 0.220. The number of hydrogen-bond donors (Lipinski definition) is 2. The predicted octanol–water partition coefficient (Wildman–Crippen LogP) is -0.444. The molecule has 6 heteroatoms. The van der Waals surface area contributed by atoms with Gasteiger partial charge in [0.05, 0.1) is 12.1 Å². The molecule has 2 rings (SSSR count). The Bertz CT molecular complexity index is 424. The molecule has 0 spiro atoms. The van der Waals surface area contributed by atoms with Gasteiger partial charge in [-0.25, -0.2) is 0 Å². The number of nitrogens with zero attached hydrogens (tertiary/aromatic N) is 2. The van der Waals surface area contributed by atoms with Gasteiger partial charge in [-0.15, -0.1) is 0 Å². The van der Waals surface area contributed by atoms with Crippen molar-refractivity contribution in [3.05, 3.63) is 11.8 Å². The van der Waals surface area contributed by atoms with Gasteiger partial charge < -0.3 is 5.32 Å². The van der Waals surface area contributed by atoms with E-state index >= 15 is 0 Å². The van der Waals surface area contributed by atoms with Gasteiger partial charge in [0.1, 0.15) is 11.9 Å². The molecule has 15 heavy (non-hydrogen) atoms. The molecule has 0 bridgehead atoms. The van der Waals surface area contributed by atoms with Crippen LogP contribution < -0.4 is 10.6 Å². The molecular weight excluding hydrogens is 196 g/mol. The minimum absolute atomic E-state index is 0.184. The van der Waals surface area contributed by atoms with Crippen LogP contribution in [0, 0.1) is 6.92 Å². The zero-order chi connectivity index (χ0) is 11.0. The first kappa shape index (κ1) is 9.70. The van der Waals surface area contributed by atoms with Crippen molar-refractivity contribution in [1.29, 1.82) is 0 Å². The fourth-order valence-corrected chi connectivity index (χ4v) is 1.59. The summed E-state index contributed by atoms with van der Waals surface area (Å²) in [6.45, 7) is 1.87. The van der Waals surface area contributed by atoms with E-state index < -0.39 is 6.04 Å². The van der Waals surface area contributed by atoms with Gasteiger partial charge in [0.2, 0.25) is 11.8 Å². The maximum atomic E-state index is 11.3. The third kappa shape index (κ3) is 1.83. The number of carbonyl (C=O) groups excluding carboxylic acids is 2. The van der Waals surface area contributed by atoms with Crippen molar-refractivity contribution in [1.82, 2.24) is 15.1 Å². The van der Waals surface area contributed by atoms with Crippen molar-refractivity contribution in [3.8, 4) is 0 Å². The molecule has 1 aromatic heterocycles. The van der Waals surface area contributed by atoms with E-state index in [1.807, 2.05) is 13.0 Å². The highest BCUT2D eigenvalue weighted by atomic mass is 16.2. The van der Waals surface area contributed by atoms with Crippen molar-refractivity contribution in [2.45, 2.75) is 19.4 Å². The lowest BCUT2D eigenvalue weighted by Gasteiger charge is -2.09. The maximum absolute atomic E-state index is 11.3. The summed E-state index contributed by atoms with van der Waals surface area (Å²) < 4.78 is 1.64. The quantitative estimate of drug-likeness (QED) is 0.646. The maximum Gasteiger partial charge on any atom is 0.249 e. The van der Waals surface area contributed by atoms with Crippen LogP contribution >= 0.6 is 0 Å². The van der Waals surface area contributed by atoms with Crippen LogP contribution in [0.15, 0.2) is 6.07 Å². The van der Waals surface area contributed by atoms with Crippen molar-refractivity contribution in [3.63, 3.8) is 0 Å². The van der Waals surface area contributed by atoms with Crippen molar-refractivity contribution < 1.29 is 9.59 Å². The first-order chi connectivity index (χ1) is 7.06. The second kappa shape index (κ2) is 3.38. The second-order valence-electron chi connectivity index (χ2n) is 3.61. The normalized spacial score (nSPS) is 20.5. The number of amides is 2. The lowest BCUT2D eigenvalue weighted by atomic mass is 10.2. The van der Waals surface area contributed by atoms with Crippen LogP contribution in [0.2, 0.25) is 0 Å². The average Bonchev–Trinajstić information content (AvgIpc) is 2.58. The van der Waals surface area contributed by atoms with E-state index in [0.717, 1.165) is 11.5 Å². The van der Waals surface area contributed by atoms with E-state index in [-0.39, 0.29) is 18.2 Å². The summed E-state index contributed by atoms with van der Waals surface area (Å²) in [6, 6.07) is 1.35. The lowest BCUT2D eigenvalue weighted by molar-refractivity contribution is -0.124. The van der Waals surface area contributed by atoms with E-state index in [1.54, 1.807) is 11.7 Å². The molecule has 2 heterocycles. The fourth-order valence-electron chi connectivity index (χ4n) is 1.59. The van der Waals surface area contributed by atoms with Crippen LogP contribution in [-0.4, -0.2) is 27.6 Å². The minimum Gasteiger partial charge on any atom is -0.358 e. The Balaban J connectivity index is 2.12. The second-order valence-corrected chi connectivity index (χ2v) is 3.61. The summed E-state index contributed by atoms with van der Waals surface area (Å²) in [5, 5.41) is 9.36. The molecule has 0 radical (unpaired) electrons. The molecule has 1 aromatic rings. The first-order valence-corrected chi connectivity index (χ1v) is 4.67. The summed E-state index contributed by atoms with van der Waals surface area (Å²) in [5.41, 5.74) is 0.865. The number of hydrogen-bond acceptors (Lipinski definition) is 4. The largest absolute Gasteiger partial charge is 0.358 e. The number of aryl methyl sites for hydroxylation is 2. The smallest absolute Gasteiger partial charge is 0.249 e. The van der Waals surface area contributed by atoms with Crippen LogP contribution in [0.4, 0.5) is 5.82 Å². The highest BCUT2D eigenvalue weighted by molar-refractivity contribution is 6.06. The molecule has 1 aliphatic rings. The molecule has 2 N–H and O–H groups in total. The number of anilines is 1. The zero-order valence-corrected chi connectivity index (χ0v) is 8.57. The SMILES string of the molecule is Cc1cc(NC2CC(=O)NC2=O)n(C)n1.